The maximum absolute atomic E-state index is 12.2. The Morgan fingerprint density at radius 3 is 2.29 bits per heavy atom. The molecule has 0 spiro atoms. The fourth-order valence-corrected chi connectivity index (χ4v) is 2.91. The van der Waals surface area contributed by atoms with E-state index in [1.165, 1.54) is 11.1 Å². The third kappa shape index (κ3) is 3.93. The molecule has 96 valence electrons. The third-order valence-electron chi connectivity index (χ3n) is 3.18. The first-order chi connectivity index (χ1) is 7.71. The van der Waals surface area contributed by atoms with Gasteiger partial charge in [0, 0.05) is 16.7 Å². The summed E-state index contributed by atoms with van der Waals surface area (Å²) in [5.41, 5.74) is 8.47. The second-order valence-corrected chi connectivity index (χ2v) is 7.23. The summed E-state index contributed by atoms with van der Waals surface area (Å²) in [5, 5.41) is 0. The molecule has 0 radical (unpaired) electrons. The van der Waals surface area contributed by atoms with Crippen LogP contribution in [0, 0.1) is 19.3 Å². The van der Waals surface area contributed by atoms with E-state index in [4.69, 9.17) is 5.73 Å². The molecule has 17 heavy (non-hydrogen) atoms. The lowest BCUT2D eigenvalue weighted by Crippen LogP contribution is -2.39. The quantitative estimate of drug-likeness (QED) is 0.900. The lowest BCUT2D eigenvalue weighted by Gasteiger charge is -2.26. The van der Waals surface area contributed by atoms with Gasteiger partial charge in [0.1, 0.15) is 0 Å². The van der Waals surface area contributed by atoms with Gasteiger partial charge in [-0.05, 0) is 42.5 Å². The first kappa shape index (κ1) is 14.4. The van der Waals surface area contributed by atoms with E-state index in [1.54, 1.807) is 0 Å². The number of benzene rings is 1. The Labute approximate surface area is 107 Å². The number of aryl methyl sites for hydroxylation is 2. The molecular formula is C14H23NOS. The van der Waals surface area contributed by atoms with Crippen LogP contribution in [-0.2, 0) is 10.8 Å². The van der Waals surface area contributed by atoms with Crippen molar-refractivity contribution in [1.29, 1.82) is 0 Å². The van der Waals surface area contributed by atoms with E-state index in [0.29, 0.717) is 5.75 Å². The fraction of sp³-hybridized carbons (Fsp3) is 0.571. The van der Waals surface area contributed by atoms with Crippen molar-refractivity contribution in [2.24, 2.45) is 11.1 Å². The fourth-order valence-electron chi connectivity index (χ4n) is 1.36. The van der Waals surface area contributed by atoms with Crippen molar-refractivity contribution < 1.29 is 4.21 Å². The maximum atomic E-state index is 12.2. The Kier molecular flexibility index (Phi) is 4.50. The first-order valence-electron chi connectivity index (χ1n) is 5.93. The molecule has 0 saturated carbocycles. The summed E-state index contributed by atoms with van der Waals surface area (Å²) >= 11 is 0. The van der Waals surface area contributed by atoms with E-state index in [0.717, 1.165) is 4.90 Å². The van der Waals surface area contributed by atoms with E-state index in [9.17, 15) is 4.21 Å². The number of nitrogens with two attached hydrogens (primary N) is 1. The molecule has 3 heteroatoms. The van der Waals surface area contributed by atoms with Crippen LogP contribution in [0.3, 0.4) is 0 Å². The Morgan fingerprint density at radius 1 is 1.24 bits per heavy atom. The van der Waals surface area contributed by atoms with Gasteiger partial charge in [0.15, 0.2) is 0 Å². The third-order valence-corrected chi connectivity index (χ3v) is 4.63. The van der Waals surface area contributed by atoms with E-state index >= 15 is 0 Å². The molecule has 2 atom stereocenters. The second-order valence-electron chi connectivity index (χ2n) is 5.73. The lowest BCUT2D eigenvalue weighted by atomic mass is 9.89. The molecule has 0 saturated heterocycles. The van der Waals surface area contributed by atoms with Crippen molar-refractivity contribution >= 4 is 10.8 Å². The molecule has 0 aliphatic heterocycles. The zero-order valence-electron chi connectivity index (χ0n) is 11.4. The Bertz CT molecular complexity index is 421. The van der Waals surface area contributed by atoms with Crippen LogP contribution in [-0.4, -0.2) is 16.0 Å². The van der Waals surface area contributed by atoms with Gasteiger partial charge in [-0.15, -0.1) is 0 Å². The van der Waals surface area contributed by atoms with Gasteiger partial charge in [0.2, 0.25) is 0 Å². The van der Waals surface area contributed by atoms with Gasteiger partial charge in [0.25, 0.3) is 0 Å². The largest absolute Gasteiger partial charge is 0.326 e. The number of hydrogen-bond acceptors (Lipinski definition) is 2. The van der Waals surface area contributed by atoms with E-state index in [2.05, 4.69) is 27.7 Å². The SMILES string of the molecule is Cc1ccc(S(=O)CC(N)C(C)(C)C)cc1C. The van der Waals surface area contributed by atoms with E-state index in [-0.39, 0.29) is 11.5 Å². The van der Waals surface area contributed by atoms with Gasteiger partial charge in [-0.1, -0.05) is 26.8 Å². The minimum absolute atomic E-state index is 0.00456. The minimum atomic E-state index is -1.00. The molecule has 0 amide bonds. The molecule has 0 heterocycles. The van der Waals surface area contributed by atoms with Crippen molar-refractivity contribution in [3.8, 4) is 0 Å². The van der Waals surface area contributed by atoms with Gasteiger partial charge < -0.3 is 5.73 Å². The predicted octanol–water partition coefficient (Wildman–Crippen LogP) is 2.78. The summed E-state index contributed by atoms with van der Waals surface area (Å²) in [6, 6.07) is 5.91. The zero-order chi connectivity index (χ0) is 13.2. The van der Waals surface area contributed by atoms with Gasteiger partial charge in [-0.3, -0.25) is 4.21 Å². The molecule has 0 aromatic heterocycles. The lowest BCUT2D eigenvalue weighted by molar-refractivity contribution is 0.342. The van der Waals surface area contributed by atoms with Crippen LogP contribution >= 0.6 is 0 Å². The monoisotopic (exact) mass is 253 g/mol. The van der Waals surface area contributed by atoms with Crippen molar-refractivity contribution in [3.63, 3.8) is 0 Å². The standard InChI is InChI=1S/C14H23NOS/c1-10-6-7-12(8-11(10)2)17(16)9-13(15)14(3,4)5/h6-8,13H,9,15H2,1-5H3. The van der Waals surface area contributed by atoms with Gasteiger partial charge in [-0.25, -0.2) is 0 Å². The summed E-state index contributed by atoms with van der Waals surface area (Å²) in [5.74, 6) is 0.520. The molecule has 2 unspecified atom stereocenters. The van der Waals surface area contributed by atoms with Gasteiger partial charge in [-0.2, -0.15) is 0 Å². The van der Waals surface area contributed by atoms with Crippen molar-refractivity contribution in [3.05, 3.63) is 29.3 Å². The number of hydrogen-bond donors (Lipinski definition) is 1. The molecule has 0 bridgehead atoms. The van der Waals surface area contributed by atoms with Gasteiger partial charge >= 0.3 is 0 Å². The topological polar surface area (TPSA) is 43.1 Å². The Balaban J connectivity index is 2.80. The highest BCUT2D eigenvalue weighted by Crippen LogP contribution is 2.20. The predicted molar refractivity (Wildman–Crippen MR) is 74.6 cm³/mol. The Hall–Kier alpha value is -0.670. The highest BCUT2D eigenvalue weighted by Gasteiger charge is 2.23. The zero-order valence-corrected chi connectivity index (χ0v) is 12.2. The molecule has 2 N–H and O–H groups in total. The van der Waals surface area contributed by atoms with Crippen LogP contribution in [0.2, 0.25) is 0 Å². The molecule has 0 aliphatic rings. The molecule has 1 rings (SSSR count). The van der Waals surface area contributed by atoms with Crippen molar-refractivity contribution in [2.45, 2.75) is 45.6 Å². The van der Waals surface area contributed by atoms with Crippen LogP contribution < -0.4 is 5.73 Å². The van der Waals surface area contributed by atoms with Crippen LogP contribution in [0.1, 0.15) is 31.9 Å². The second kappa shape index (κ2) is 5.32. The summed E-state index contributed by atoms with van der Waals surface area (Å²) < 4.78 is 12.2. The van der Waals surface area contributed by atoms with Crippen LogP contribution in [0.4, 0.5) is 0 Å². The molecule has 1 aromatic carbocycles. The van der Waals surface area contributed by atoms with E-state index in [1.807, 2.05) is 25.1 Å². The highest BCUT2D eigenvalue weighted by molar-refractivity contribution is 7.85. The summed E-state index contributed by atoms with van der Waals surface area (Å²) in [7, 11) is -1.00. The first-order valence-corrected chi connectivity index (χ1v) is 7.25. The molecule has 1 aromatic rings. The maximum Gasteiger partial charge on any atom is 0.0545 e. The van der Waals surface area contributed by atoms with Crippen molar-refractivity contribution in [2.75, 3.05) is 5.75 Å². The molecule has 2 nitrogen and oxygen atoms in total. The highest BCUT2D eigenvalue weighted by atomic mass is 32.2. The average molecular weight is 253 g/mol. The van der Waals surface area contributed by atoms with Crippen molar-refractivity contribution in [1.82, 2.24) is 0 Å². The normalized spacial score (nSPS) is 15.6. The average Bonchev–Trinajstić information content (AvgIpc) is 2.20. The van der Waals surface area contributed by atoms with Crippen LogP contribution in [0.15, 0.2) is 23.1 Å². The van der Waals surface area contributed by atoms with Crippen LogP contribution in [0.25, 0.3) is 0 Å². The molecule has 0 fully saturated rings. The summed E-state index contributed by atoms with van der Waals surface area (Å²) in [6.07, 6.45) is 0. The minimum Gasteiger partial charge on any atom is -0.326 e. The molecular weight excluding hydrogens is 230 g/mol. The van der Waals surface area contributed by atoms with E-state index < -0.39 is 10.8 Å². The van der Waals surface area contributed by atoms with Crippen LogP contribution in [0.5, 0.6) is 0 Å². The summed E-state index contributed by atoms with van der Waals surface area (Å²) in [4.78, 5) is 0.882. The number of rotatable bonds is 3. The Morgan fingerprint density at radius 2 is 1.82 bits per heavy atom. The molecule has 0 aliphatic carbocycles. The smallest absolute Gasteiger partial charge is 0.0545 e. The summed E-state index contributed by atoms with van der Waals surface area (Å²) in [6.45, 7) is 10.3. The van der Waals surface area contributed by atoms with Gasteiger partial charge in [0.05, 0.1) is 10.8 Å².